The molecule has 0 aromatic heterocycles. The van der Waals surface area contributed by atoms with E-state index in [0.717, 1.165) is 25.1 Å². The lowest BCUT2D eigenvalue weighted by Crippen LogP contribution is -2.37. The summed E-state index contributed by atoms with van der Waals surface area (Å²) < 4.78 is 5.55. The molecule has 1 unspecified atom stereocenters. The van der Waals surface area contributed by atoms with Crippen molar-refractivity contribution in [3.05, 3.63) is 29.8 Å². The molecule has 1 aliphatic rings. The highest BCUT2D eigenvalue weighted by molar-refractivity contribution is 5.89. The summed E-state index contributed by atoms with van der Waals surface area (Å²) in [5, 5.41) is 3.51. The van der Waals surface area contributed by atoms with Crippen molar-refractivity contribution in [2.24, 2.45) is 0 Å². The summed E-state index contributed by atoms with van der Waals surface area (Å²) in [5.41, 5.74) is 1.68. The van der Waals surface area contributed by atoms with Crippen LogP contribution in [0.5, 0.6) is 0 Å². The Morgan fingerprint density at radius 2 is 2.10 bits per heavy atom. The van der Waals surface area contributed by atoms with Gasteiger partial charge in [-0.05, 0) is 51.8 Å². The van der Waals surface area contributed by atoms with Crippen molar-refractivity contribution in [2.75, 3.05) is 18.0 Å². The fraction of sp³-hybridized carbons (Fsp3) is 0.588. The van der Waals surface area contributed by atoms with Gasteiger partial charge in [0, 0.05) is 12.6 Å². The van der Waals surface area contributed by atoms with Gasteiger partial charge in [-0.25, -0.2) is 4.79 Å². The summed E-state index contributed by atoms with van der Waals surface area (Å²) in [6.45, 7) is 9.43. The molecule has 2 rings (SSSR count). The first-order valence-electron chi connectivity index (χ1n) is 7.75. The number of rotatable bonds is 2. The normalized spacial score (nSPS) is 18.9. The van der Waals surface area contributed by atoms with Gasteiger partial charge in [0.1, 0.15) is 5.60 Å². The van der Waals surface area contributed by atoms with E-state index in [4.69, 9.17) is 4.74 Å². The van der Waals surface area contributed by atoms with Crippen LogP contribution in [-0.4, -0.2) is 24.8 Å². The number of hydrogen-bond donors (Lipinski definition) is 1. The number of para-hydroxylation sites is 1. The molecule has 1 aromatic rings. The lowest BCUT2D eigenvalue weighted by atomic mass is 10.0. The predicted molar refractivity (Wildman–Crippen MR) is 85.7 cm³/mol. The third-order valence-corrected chi connectivity index (χ3v) is 3.54. The Balaban J connectivity index is 2.30. The van der Waals surface area contributed by atoms with Crippen molar-refractivity contribution in [2.45, 2.75) is 52.2 Å². The van der Waals surface area contributed by atoms with Gasteiger partial charge in [-0.15, -0.1) is 0 Å². The van der Waals surface area contributed by atoms with E-state index in [2.05, 4.69) is 18.3 Å². The van der Waals surface area contributed by atoms with Crippen LogP contribution in [0.2, 0.25) is 0 Å². The lowest BCUT2D eigenvalue weighted by Gasteiger charge is -2.28. The van der Waals surface area contributed by atoms with E-state index in [1.54, 1.807) is 4.90 Å². The Labute approximate surface area is 127 Å². The maximum Gasteiger partial charge on any atom is 0.414 e. The van der Waals surface area contributed by atoms with Crippen LogP contribution in [0.3, 0.4) is 0 Å². The van der Waals surface area contributed by atoms with E-state index in [9.17, 15) is 4.79 Å². The van der Waals surface area contributed by atoms with Crippen LogP contribution >= 0.6 is 0 Å². The first-order valence-corrected chi connectivity index (χ1v) is 7.75. The smallest absolute Gasteiger partial charge is 0.414 e. The van der Waals surface area contributed by atoms with Crippen molar-refractivity contribution < 1.29 is 9.53 Å². The van der Waals surface area contributed by atoms with Crippen molar-refractivity contribution in [3.8, 4) is 0 Å². The summed E-state index contributed by atoms with van der Waals surface area (Å²) in [6, 6.07) is 8.42. The molecule has 1 amide bonds. The number of nitrogens with zero attached hydrogens (tertiary/aromatic N) is 1. The highest BCUT2D eigenvalue weighted by atomic mass is 16.6. The molecule has 4 heteroatoms. The molecule has 0 aliphatic carbocycles. The number of hydrogen-bond acceptors (Lipinski definition) is 3. The van der Waals surface area contributed by atoms with Gasteiger partial charge in [0.25, 0.3) is 0 Å². The second-order valence-electron chi connectivity index (χ2n) is 6.44. The van der Waals surface area contributed by atoms with Crippen molar-refractivity contribution in [1.82, 2.24) is 5.32 Å². The average molecular weight is 290 g/mol. The Morgan fingerprint density at radius 3 is 2.76 bits per heavy atom. The molecule has 4 nitrogen and oxygen atoms in total. The Morgan fingerprint density at radius 1 is 1.38 bits per heavy atom. The number of benzene rings is 1. The number of nitrogens with one attached hydrogen (secondary N) is 1. The van der Waals surface area contributed by atoms with Crippen LogP contribution in [0.15, 0.2) is 24.3 Å². The van der Waals surface area contributed by atoms with Gasteiger partial charge in [-0.2, -0.15) is 0 Å². The largest absolute Gasteiger partial charge is 0.443 e. The van der Waals surface area contributed by atoms with Crippen LogP contribution in [0.1, 0.15) is 52.1 Å². The SMILES string of the molecule is CCNC1CCCN(C(=O)OC(C)(C)C)c2ccccc21. The Bertz CT molecular complexity index is 494. The van der Waals surface area contributed by atoms with Gasteiger partial charge >= 0.3 is 6.09 Å². The Kier molecular flexibility index (Phi) is 4.88. The van der Waals surface area contributed by atoms with Crippen molar-refractivity contribution in [1.29, 1.82) is 0 Å². The van der Waals surface area contributed by atoms with Gasteiger partial charge in [-0.1, -0.05) is 25.1 Å². The van der Waals surface area contributed by atoms with Gasteiger partial charge in [-0.3, -0.25) is 4.90 Å². The molecule has 0 fully saturated rings. The Hall–Kier alpha value is -1.55. The van der Waals surface area contributed by atoms with Gasteiger partial charge in [0.15, 0.2) is 0 Å². The van der Waals surface area contributed by atoms with Crippen LogP contribution in [-0.2, 0) is 4.74 Å². The molecule has 0 bridgehead atoms. The molecule has 21 heavy (non-hydrogen) atoms. The summed E-state index contributed by atoms with van der Waals surface area (Å²) in [7, 11) is 0. The predicted octanol–water partition coefficient (Wildman–Crippen LogP) is 3.87. The molecule has 0 saturated carbocycles. The summed E-state index contributed by atoms with van der Waals surface area (Å²) in [5.74, 6) is 0. The van der Waals surface area contributed by atoms with E-state index in [-0.39, 0.29) is 6.09 Å². The number of anilines is 1. The molecule has 1 aromatic carbocycles. The average Bonchev–Trinajstić information content (AvgIpc) is 2.58. The highest BCUT2D eigenvalue weighted by Crippen LogP contribution is 2.33. The maximum absolute atomic E-state index is 12.5. The fourth-order valence-electron chi connectivity index (χ4n) is 2.72. The third-order valence-electron chi connectivity index (χ3n) is 3.54. The molecule has 1 N–H and O–H groups in total. The number of fused-ring (bicyclic) bond motifs is 1. The zero-order valence-electron chi connectivity index (χ0n) is 13.5. The van der Waals surface area contributed by atoms with Crippen LogP contribution in [0.4, 0.5) is 10.5 Å². The minimum absolute atomic E-state index is 0.257. The third kappa shape index (κ3) is 3.97. The number of amides is 1. The van der Waals surface area contributed by atoms with Crippen LogP contribution in [0.25, 0.3) is 0 Å². The fourth-order valence-corrected chi connectivity index (χ4v) is 2.72. The molecule has 116 valence electrons. The molecular weight excluding hydrogens is 264 g/mol. The van der Waals surface area contributed by atoms with E-state index >= 15 is 0 Å². The van der Waals surface area contributed by atoms with E-state index in [0.29, 0.717) is 12.6 Å². The van der Waals surface area contributed by atoms with Gasteiger partial charge < -0.3 is 10.1 Å². The van der Waals surface area contributed by atoms with Crippen LogP contribution in [0, 0.1) is 0 Å². The maximum atomic E-state index is 12.5. The molecule has 1 aliphatic heterocycles. The number of ether oxygens (including phenoxy) is 1. The summed E-state index contributed by atoms with van der Waals surface area (Å²) >= 11 is 0. The first kappa shape index (κ1) is 15.8. The van der Waals surface area contributed by atoms with Gasteiger partial charge in [0.2, 0.25) is 0 Å². The van der Waals surface area contributed by atoms with Crippen molar-refractivity contribution in [3.63, 3.8) is 0 Å². The molecule has 0 saturated heterocycles. The second-order valence-corrected chi connectivity index (χ2v) is 6.44. The minimum atomic E-state index is -0.473. The molecule has 1 atom stereocenters. The van der Waals surface area contributed by atoms with Crippen LogP contribution < -0.4 is 10.2 Å². The topological polar surface area (TPSA) is 41.6 Å². The number of carbonyl (C=O) groups excluding carboxylic acids is 1. The van der Waals surface area contributed by atoms with E-state index in [1.807, 2.05) is 39.0 Å². The molecule has 1 heterocycles. The summed E-state index contributed by atoms with van der Waals surface area (Å²) in [6.07, 6.45) is 1.74. The number of carbonyl (C=O) groups is 1. The quantitative estimate of drug-likeness (QED) is 0.899. The minimum Gasteiger partial charge on any atom is -0.443 e. The zero-order chi connectivity index (χ0) is 15.5. The summed E-state index contributed by atoms with van der Waals surface area (Å²) in [4.78, 5) is 14.3. The van der Waals surface area contributed by atoms with E-state index in [1.165, 1.54) is 5.56 Å². The standard InChI is InChI=1S/C17H26N2O2/c1-5-18-14-10-8-12-19(16(20)21-17(2,3)4)15-11-7-6-9-13(14)15/h6-7,9,11,14,18H,5,8,10,12H2,1-4H3. The van der Waals surface area contributed by atoms with E-state index < -0.39 is 5.60 Å². The lowest BCUT2D eigenvalue weighted by molar-refractivity contribution is 0.0580. The highest BCUT2D eigenvalue weighted by Gasteiger charge is 2.28. The van der Waals surface area contributed by atoms with Gasteiger partial charge in [0.05, 0.1) is 5.69 Å². The second kappa shape index (κ2) is 6.48. The molecule has 0 radical (unpaired) electrons. The zero-order valence-corrected chi connectivity index (χ0v) is 13.5. The molecule has 0 spiro atoms. The first-order chi connectivity index (χ1) is 9.92. The van der Waals surface area contributed by atoms with Crippen molar-refractivity contribution >= 4 is 11.8 Å². The monoisotopic (exact) mass is 290 g/mol. The molecular formula is C17H26N2O2.